The van der Waals surface area contributed by atoms with Crippen LogP contribution in [0.4, 0.5) is 5.69 Å². The van der Waals surface area contributed by atoms with Crippen LogP contribution in [0.25, 0.3) is 0 Å². The lowest BCUT2D eigenvalue weighted by atomic mass is 10.2. The molecule has 1 amide bonds. The number of carbonyl (C=O) groups is 1. The lowest BCUT2D eigenvalue weighted by molar-refractivity contribution is -0.116. The van der Waals surface area contributed by atoms with Gasteiger partial charge in [-0.1, -0.05) is 12.1 Å². The fraction of sp³-hybridized carbons (Fsp3) is 0.167. The minimum Gasteiger partial charge on any atom is -0.325 e. The van der Waals surface area contributed by atoms with Crippen molar-refractivity contribution in [1.29, 1.82) is 5.26 Å². The van der Waals surface area contributed by atoms with Crippen molar-refractivity contribution < 1.29 is 4.79 Å². The van der Waals surface area contributed by atoms with E-state index in [2.05, 4.69) is 15.4 Å². The fourth-order valence-corrected chi connectivity index (χ4v) is 1.47. The molecule has 2 aromatic rings. The maximum absolute atomic E-state index is 11.7. The van der Waals surface area contributed by atoms with Gasteiger partial charge in [-0.05, 0) is 12.1 Å². The van der Waals surface area contributed by atoms with E-state index in [1.165, 1.54) is 6.33 Å². The molecule has 0 aliphatic rings. The highest BCUT2D eigenvalue weighted by molar-refractivity contribution is 5.91. The summed E-state index contributed by atoms with van der Waals surface area (Å²) < 4.78 is 1.58. The normalized spacial score (nSPS) is 9.72. The minimum atomic E-state index is -0.159. The molecular formula is C12H11N5O. The second-order valence-corrected chi connectivity index (χ2v) is 3.61. The van der Waals surface area contributed by atoms with Crippen molar-refractivity contribution in [1.82, 2.24) is 14.8 Å². The molecule has 2 rings (SSSR count). The standard InChI is InChI=1S/C12H11N5O/c13-7-10-3-1-2-4-11(10)16-12(18)5-6-17-9-14-8-15-17/h1-4,8-9H,5-6H2,(H,16,18). The summed E-state index contributed by atoms with van der Waals surface area (Å²) in [7, 11) is 0. The summed E-state index contributed by atoms with van der Waals surface area (Å²) in [4.78, 5) is 15.5. The zero-order chi connectivity index (χ0) is 12.8. The molecule has 0 bridgehead atoms. The summed E-state index contributed by atoms with van der Waals surface area (Å²) in [6, 6.07) is 8.91. The van der Waals surface area contributed by atoms with Gasteiger partial charge in [0.05, 0.1) is 17.8 Å². The van der Waals surface area contributed by atoms with Crippen LogP contribution < -0.4 is 5.32 Å². The van der Waals surface area contributed by atoms with Crippen molar-refractivity contribution in [3.05, 3.63) is 42.5 Å². The molecule has 0 saturated carbocycles. The average Bonchev–Trinajstić information content (AvgIpc) is 2.90. The van der Waals surface area contributed by atoms with Gasteiger partial charge in [0.1, 0.15) is 18.7 Å². The van der Waals surface area contributed by atoms with Gasteiger partial charge in [-0.2, -0.15) is 10.4 Å². The number of aryl methyl sites for hydroxylation is 1. The van der Waals surface area contributed by atoms with Gasteiger partial charge in [0, 0.05) is 6.42 Å². The van der Waals surface area contributed by atoms with Gasteiger partial charge in [-0.3, -0.25) is 9.48 Å². The molecule has 6 heteroatoms. The lowest BCUT2D eigenvalue weighted by Gasteiger charge is -2.06. The molecule has 0 spiro atoms. The first-order valence-electron chi connectivity index (χ1n) is 5.41. The number of nitrogens with zero attached hydrogens (tertiary/aromatic N) is 4. The molecule has 90 valence electrons. The highest BCUT2D eigenvalue weighted by Crippen LogP contribution is 2.13. The quantitative estimate of drug-likeness (QED) is 0.871. The van der Waals surface area contributed by atoms with E-state index in [4.69, 9.17) is 5.26 Å². The van der Waals surface area contributed by atoms with Crippen LogP contribution in [-0.4, -0.2) is 20.7 Å². The van der Waals surface area contributed by atoms with Crippen LogP contribution in [0.5, 0.6) is 0 Å². The number of nitriles is 1. The molecule has 0 atom stereocenters. The largest absolute Gasteiger partial charge is 0.325 e. The Morgan fingerprint density at radius 1 is 1.44 bits per heavy atom. The van der Waals surface area contributed by atoms with E-state index in [0.717, 1.165) is 0 Å². The number of hydrogen-bond donors (Lipinski definition) is 1. The number of amides is 1. The third-order valence-corrected chi connectivity index (χ3v) is 2.36. The highest BCUT2D eigenvalue weighted by atomic mass is 16.1. The highest BCUT2D eigenvalue weighted by Gasteiger charge is 2.06. The topological polar surface area (TPSA) is 83.6 Å². The summed E-state index contributed by atoms with van der Waals surface area (Å²) in [5.74, 6) is -0.159. The van der Waals surface area contributed by atoms with Crippen molar-refractivity contribution in [2.75, 3.05) is 5.32 Å². The van der Waals surface area contributed by atoms with E-state index in [0.29, 0.717) is 17.8 Å². The first-order chi connectivity index (χ1) is 8.79. The smallest absolute Gasteiger partial charge is 0.226 e. The molecule has 0 aliphatic heterocycles. The van der Waals surface area contributed by atoms with E-state index in [1.54, 1.807) is 35.3 Å². The fourth-order valence-electron chi connectivity index (χ4n) is 1.47. The van der Waals surface area contributed by atoms with Gasteiger partial charge in [-0.15, -0.1) is 0 Å². The summed E-state index contributed by atoms with van der Waals surface area (Å²) in [6.45, 7) is 0.459. The zero-order valence-corrected chi connectivity index (χ0v) is 9.58. The Morgan fingerprint density at radius 2 is 2.28 bits per heavy atom. The van der Waals surface area contributed by atoms with E-state index >= 15 is 0 Å². The third kappa shape index (κ3) is 2.92. The maximum atomic E-state index is 11.7. The number of rotatable bonds is 4. The molecule has 0 unspecified atom stereocenters. The van der Waals surface area contributed by atoms with Crippen LogP contribution in [0.3, 0.4) is 0 Å². The van der Waals surface area contributed by atoms with Crippen LogP contribution in [-0.2, 0) is 11.3 Å². The number of para-hydroxylation sites is 1. The van der Waals surface area contributed by atoms with Gasteiger partial charge in [0.25, 0.3) is 0 Å². The number of benzene rings is 1. The molecule has 18 heavy (non-hydrogen) atoms. The molecule has 0 radical (unpaired) electrons. The summed E-state index contributed by atoms with van der Waals surface area (Å²) in [6.07, 6.45) is 3.25. The zero-order valence-electron chi connectivity index (χ0n) is 9.58. The molecule has 0 saturated heterocycles. The Balaban J connectivity index is 1.93. The van der Waals surface area contributed by atoms with Crippen molar-refractivity contribution in [3.63, 3.8) is 0 Å². The predicted molar refractivity (Wildman–Crippen MR) is 64.4 cm³/mol. The maximum Gasteiger partial charge on any atom is 0.226 e. The first kappa shape index (κ1) is 11.8. The van der Waals surface area contributed by atoms with Gasteiger partial charge in [-0.25, -0.2) is 4.98 Å². The number of anilines is 1. The first-order valence-corrected chi connectivity index (χ1v) is 5.41. The van der Waals surface area contributed by atoms with E-state index in [-0.39, 0.29) is 12.3 Å². The lowest BCUT2D eigenvalue weighted by Crippen LogP contribution is -2.15. The van der Waals surface area contributed by atoms with Crippen LogP contribution in [0.15, 0.2) is 36.9 Å². The predicted octanol–water partition coefficient (Wildman–Crippen LogP) is 1.18. The molecule has 0 fully saturated rings. The van der Waals surface area contributed by atoms with E-state index in [1.807, 2.05) is 6.07 Å². The summed E-state index contributed by atoms with van der Waals surface area (Å²) in [5.41, 5.74) is 0.982. The Bertz CT molecular complexity index is 570. The van der Waals surface area contributed by atoms with Gasteiger partial charge >= 0.3 is 0 Å². The SMILES string of the molecule is N#Cc1ccccc1NC(=O)CCn1cncn1. The monoisotopic (exact) mass is 241 g/mol. The molecule has 1 heterocycles. The summed E-state index contributed by atoms with van der Waals surface area (Å²) in [5, 5.41) is 15.5. The number of hydrogen-bond acceptors (Lipinski definition) is 4. The summed E-state index contributed by atoms with van der Waals surface area (Å²) >= 11 is 0. The number of carbonyl (C=O) groups excluding carboxylic acids is 1. The van der Waals surface area contributed by atoms with Gasteiger partial charge in [0.2, 0.25) is 5.91 Å². The van der Waals surface area contributed by atoms with Crippen LogP contribution in [0, 0.1) is 11.3 Å². The Labute approximate surface area is 104 Å². The molecular weight excluding hydrogens is 230 g/mol. The molecule has 1 aromatic carbocycles. The second kappa shape index (κ2) is 5.59. The molecule has 1 N–H and O–H groups in total. The Morgan fingerprint density at radius 3 is 3.00 bits per heavy atom. The van der Waals surface area contributed by atoms with Crippen molar-refractivity contribution in [2.24, 2.45) is 0 Å². The van der Waals surface area contributed by atoms with E-state index in [9.17, 15) is 4.79 Å². The molecule has 6 nitrogen and oxygen atoms in total. The van der Waals surface area contributed by atoms with Crippen molar-refractivity contribution >= 4 is 11.6 Å². The van der Waals surface area contributed by atoms with E-state index < -0.39 is 0 Å². The van der Waals surface area contributed by atoms with Gasteiger partial charge < -0.3 is 5.32 Å². The van der Waals surface area contributed by atoms with Crippen LogP contribution in [0.2, 0.25) is 0 Å². The second-order valence-electron chi connectivity index (χ2n) is 3.61. The minimum absolute atomic E-state index is 0.159. The van der Waals surface area contributed by atoms with Crippen molar-refractivity contribution in [2.45, 2.75) is 13.0 Å². The Hall–Kier alpha value is -2.68. The van der Waals surface area contributed by atoms with Crippen molar-refractivity contribution in [3.8, 4) is 6.07 Å². The molecule has 1 aromatic heterocycles. The Kier molecular flexibility index (Phi) is 3.66. The number of aromatic nitrogens is 3. The number of nitrogens with one attached hydrogen (secondary N) is 1. The van der Waals surface area contributed by atoms with Crippen LogP contribution in [0.1, 0.15) is 12.0 Å². The average molecular weight is 241 g/mol. The van der Waals surface area contributed by atoms with Gasteiger partial charge in [0.15, 0.2) is 0 Å². The van der Waals surface area contributed by atoms with Crippen LogP contribution >= 0.6 is 0 Å². The third-order valence-electron chi connectivity index (χ3n) is 2.36. The molecule has 0 aliphatic carbocycles.